The summed E-state index contributed by atoms with van der Waals surface area (Å²) in [6.45, 7) is 2.05. The zero-order valence-corrected chi connectivity index (χ0v) is 7.84. The van der Waals surface area contributed by atoms with Gasteiger partial charge in [-0.05, 0) is 19.1 Å². The summed E-state index contributed by atoms with van der Waals surface area (Å²) in [4.78, 5) is 1.11. The van der Waals surface area contributed by atoms with Crippen molar-refractivity contribution in [2.24, 2.45) is 5.73 Å². The van der Waals surface area contributed by atoms with Gasteiger partial charge in [0.15, 0.2) is 0 Å². The van der Waals surface area contributed by atoms with Crippen LogP contribution in [0.4, 0.5) is 0 Å². The van der Waals surface area contributed by atoms with Gasteiger partial charge in [-0.2, -0.15) is 0 Å². The van der Waals surface area contributed by atoms with Crippen LogP contribution in [0.3, 0.4) is 0 Å². The van der Waals surface area contributed by atoms with Gasteiger partial charge in [-0.15, -0.1) is 0 Å². The van der Waals surface area contributed by atoms with Crippen molar-refractivity contribution in [2.75, 3.05) is 0 Å². The number of rotatable bonds is 1. The fourth-order valence-corrected chi connectivity index (χ4v) is 1.71. The van der Waals surface area contributed by atoms with E-state index in [2.05, 4.69) is 6.07 Å². The van der Waals surface area contributed by atoms with Crippen molar-refractivity contribution in [3.05, 3.63) is 29.8 Å². The molecule has 0 saturated heterocycles. The maximum absolute atomic E-state index is 5.37. The van der Waals surface area contributed by atoms with Gasteiger partial charge in [0.1, 0.15) is 4.32 Å². The van der Waals surface area contributed by atoms with Gasteiger partial charge in [-0.25, -0.2) is 0 Å². The molecule has 0 aliphatic carbocycles. The third-order valence-corrected chi connectivity index (χ3v) is 2.15. The molecule has 58 valence electrons. The highest BCUT2D eigenvalue weighted by Crippen LogP contribution is 2.18. The van der Waals surface area contributed by atoms with Crippen molar-refractivity contribution in [2.45, 2.75) is 11.8 Å². The van der Waals surface area contributed by atoms with E-state index >= 15 is 0 Å². The standard InChI is InChI=1S/C8H9NS2/c1-6-3-2-4-7(5-6)11-8(9)10/h2-5H,1H3,(H2,9,10). The molecular weight excluding hydrogens is 174 g/mol. The Labute approximate surface area is 76.0 Å². The molecule has 0 fully saturated rings. The lowest BCUT2D eigenvalue weighted by Crippen LogP contribution is -2.00. The molecule has 0 saturated carbocycles. The first-order valence-corrected chi connectivity index (χ1v) is 4.45. The minimum Gasteiger partial charge on any atom is -0.384 e. The highest BCUT2D eigenvalue weighted by atomic mass is 32.2. The first kappa shape index (κ1) is 8.56. The second-order valence-corrected chi connectivity index (χ2v) is 4.05. The topological polar surface area (TPSA) is 26.0 Å². The third-order valence-electron chi connectivity index (χ3n) is 1.21. The van der Waals surface area contributed by atoms with Crippen molar-refractivity contribution in [3.8, 4) is 0 Å². The molecule has 3 heteroatoms. The highest BCUT2D eigenvalue weighted by molar-refractivity contribution is 8.22. The monoisotopic (exact) mass is 183 g/mol. The molecule has 2 N–H and O–H groups in total. The molecule has 0 aliphatic rings. The molecule has 0 spiro atoms. The lowest BCUT2D eigenvalue weighted by Gasteiger charge is -1.98. The van der Waals surface area contributed by atoms with Gasteiger partial charge in [0.25, 0.3) is 0 Å². The van der Waals surface area contributed by atoms with Crippen LogP contribution in [0.15, 0.2) is 29.2 Å². The number of aryl methyl sites for hydroxylation is 1. The molecule has 1 aromatic carbocycles. The smallest absolute Gasteiger partial charge is 0.135 e. The molecule has 0 aromatic heterocycles. The Morgan fingerprint density at radius 1 is 1.55 bits per heavy atom. The molecule has 0 heterocycles. The highest BCUT2D eigenvalue weighted by Gasteiger charge is 1.94. The minimum absolute atomic E-state index is 0.468. The largest absolute Gasteiger partial charge is 0.384 e. The summed E-state index contributed by atoms with van der Waals surface area (Å²) in [5.41, 5.74) is 6.60. The van der Waals surface area contributed by atoms with E-state index in [1.54, 1.807) is 0 Å². The van der Waals surface area contributed by atoms with Gasteiger partial charge in [-0.1, -0.05) is 41.7 Å². The van der Waals surface area contributed by atoms with Crippen molar-refractivity contribution in [3.63, 3.8) is 0 Å². The summed E-state index contributed by atoms with van der Waals surface area (Å²) in [5, 5.41) is 0. The molecule has 1 nitrogen and oxygen atoms in total. The fraction of sp³-hybridized carbons (Fsp3) is 0.125. The van der Waals surface area contributed by atoms with E-state index < -0.39 is 0 Å². The van der Waals surface area contributed by atoms with Gasteiger partial charge >= 0.3 is 0 Å². The van der Waals surface area contributed by atoms with Gasteiger partial charge in [0, 0.05) is 4.90 Å². The Kier molecular flexibility index (Phi) is 2.91. The fourth-order valence-electron chi connectivity index (χ4n) is 0.795. The van der Waals surface area contributed by atoms with Crippen molar-refractivity contribution in [1.82, 2.24) is 0 Å². The van der Waals surface area contributed by atoms with Gasteiger partial charge in [-0.3, -0.25) is 0 Å². The summed E-state index contributed by atoms with van der Waals surface area (Å²) < 4.78 is 0.468. The minimum atomic E-state index is 0.468. The lowest BCUT2D eigenvalue weighted by atomic mass is 10.2. The number of thioether (sulfide) groups is 1. The van der Waals surface area contributed by atoms with Gasteiger partial charge in [0.2, 0.25) is 0 Å². The summed E-state index contributed by atoms with van der Waals surface area (Å²) in [7, 11) is 0. The number of thiocarbonyl (C=S) groups is 1. The molecule has 0 aliphatic heterocycles. The first-order chi connectivity index (χ1) is 5.18. The number of hydrogen-bond acceptors (Lipinski definition) is 2. The van der Waals surface area contributed by atoms with Crippen molar-refractivity contribution >= 4 is 28.3 Å². The van der Waals surface area contributed by atoms with E-state index in [1.807, 2.05) is 25.1 Å². The maximum Gasteiger partial charge on any atom is 0.135 e. The average Bonchev–Trinajstić information content (AvgIpc) is 1.85. The van der Waals surface area contributed by atoms with Crippen LogP contribution in [0, 0.1) is 6.92 Å². The van der Waals surface area contributed by atoms with E-state index in [0.717, 1.165) is 4.90 Å². The number of hydrogen-bond donors (Lipinski definition) is 1. The SMILES string of the molecule is Cc1cccc(SC(N)=S)c1. The second-order valence-electron chi connectivity index (χ2n) is 2.24. The molecule has 1 aromatic rings. The normalized spacial score (nSPS) is 9.55. The van der Waals surface area contributed by atoms with Crippen LogP contribution in [0.25, 0.3) is 0 Å². The van der Waals surface area contributed by atoms with Crippen molar-refractivity contribution in [1.29, 1.82) is 0 Å². The Morgan fingerprint density at radius 3 is 2.82 bits per heavy atom. The van der Waals surface area contributed by atoms with Crippen LogP contribution in [0.5, 0.6) is 0 Å². The molecule has 0 amide bonds. The van der Waals surface area contributed by atoms with Gasteiger partial charge in [0.05, 0.1) is 0 Å². The van der Waals surface area contributed by atoms with E-state index in [9.17, 15) is 0 Å². The van der Waals surface area contributed by atoms with Crippen LogP contribution < -0.4 is 5.73 Å². The quantitative estimate of drug-likeness (QED) is 0.534. The van der Waals surface area contributed by atoms with Crippen LogP contribution in [-0.2, 0) is 0 Å². The molecular formula is C8H9NS2. The van der Waals surface area contributed by atoms with E-state index in [4.69, 9.17) is 18.0 Å². The Hall–Kier alpha value is -0.540. The third kappa shape index (κ3) is 2.91. The molecule has 0 bridgehead atoms. The maximum atomic E-state index is 5.37. The summed E-state index contributed by atoms with van der Waals surface area (Å²) >= 11 is 6.18. The summed E-state index contributed by atoms with van der Waals surface area (Å²) in [6, 6.07) is 8.10. The summed E-state index contributed by atoms with van der Waals surface area (Å²) in [5.74, 6) is 0. The summed E-state index contributed by atoms with van der Waals surface area (Å²) in [6.07, 6.45) is 0. The molecule has 0 unspecified atom stereocenters. The van der Waals surface area contributed by atoms with E-state index in [1.165, 1.54) is 17.3 Å². The van der Waals surface area contributed by atoms with Crippen LogP contribution in [0.2, 0.25) is 0 Å². The Balaban J connectivity index is 2.79. The van der Waals surface area contributed by atoms with Crippen LogP contribution in [0.1, 0.15) is 5.56 Å². The van der Waals surface area contributed by atoms with Crippen molar-refractivity contribution < 1.29 is 0 Å². The van der Waals surface area contributed by atoms with Gasteiger partial charge < -0.3 is 5.73 Å². The number of benzene rings is 1. The molecule has 1 rings (SSSR count). The molecule has 0 atom stereocenters. The molecule has 0 radical (unpaired) electrons. The lowest BCUT2D eigenvalue weighted by molar-refractivity contribution is 1.37. The Morgan fingerprint density at radius 2 is 2.27 bits per heavy atom. The number of nitrogens with two attached hydrogens (primary N) is 1. The zero-order chi connectivity index (χ0) is 8.27. The van der Waals surface area contributed by atoms with E-state index in [0.29, 0.717) is 4.32 Å². The van der Waals surface area contributed by atoms with Crippen LogP contribution >= 0.6 is 24.0 Å². The Bertz CT molecular complexity index is 271. The molecule has 11 heavy (non-hydrogen) atoms. The van der Waals surface area contributed by atoms with Crippen LogP contribution in [-0.4, -0.2) is 4.32 Å². The predicted molar refractivity (Wildman–Crippen MR) is 53.8 cm³/mol. The predicted octanol–water partition coefficient (Wildman–Crippen LogP) is 2.33. The first-order valence-electron chi connectivity index (χ1n) is 3.22. The second kappa shape index (κ2) is 3.74. The van der Waals surface area contributed by atoms with E-state index in [-0.39, 0.29) is 0 Å². The average molecular weight is 183 g/mol. The zero-order valence-electron chi connectivity index (χ0n) is 6.20.